The van der Waals surface area contributed by atoms with Gasteiger partial charge in [-0.2, -0.15) is 0 Å². The summed E-state index contributed by atoms with van der Waals surface area (Å²) in [5, 5.41) is 2.80. The van der Waals surface area contributed by atoms with E-state index < -0.39 is 0 Å². The molecule has 0 aromatic heterocycles. The molecule has 0 aliphatic carbocycles. The van der Waals surface area contributed by atoms with E-state index >= 15 is 0 Å². The van der Waals surface area contributed by atoms with Gasteiger partial charge in [0.05, 0.1) is 6.42 Å². The van der Waals surface area contributed by atoms with Crippen LogP contribution in [0, 0.1) is 6.92 Å². The lowest BCUT2D eigenvalue weighted by Crippen LogP contribution is -2.03. The Morgan fingerprint density at radius 3 is 3.00 bits per heavy atom. The van der Waals surface area contributed by atoms with Crippen molar-refractivity contribution in [1.29, 1.82) is 0 Å². The molecule has 0 saturated carbocycles. The fourth-order valence-corrected chi connectivity index (χ4v) is 1.87. The Kier molecular flexibility index (Phi) is 1.68. The second-order valence-electron chi connectivity index (χ2n) is 2.95. The smallest absolute Gasteiger partial charge is 0.228 e. The van der Waals surface area contributed by atoms with Gasteiger partial charge in [-0.1, -0.05) is 22.0 Å². The molecule has 0 saturated heterocycles. The second kappa shape index (κ2) is 2.59. The maximum Gasteiger partial charge on any atom is 0.228 e. The van der Waals surface area contributed by atoms with Crippen LogP contribution < -0.4 is 5.32 Å². The molecule has 1 N–H and O–H groups in total. The lowest BCUT2D eigenvalue weighted by Gasteiger charge is -2.03. The molecule has 0 atom stereocenters. The minimum absolute atomic E-state index is 0.0799. The number of hydrogen-bond donors (Lipinski definition) is 1. The SMILES string of the molecule is Cc1ccc2c(c1Br)CC(=O)N2. The first-order valence-corrected chi connectivity index (χ1v) is 4.55. The van der Waals surface area contributed by atoms with Crippen molar-refractivity contribution < 1.29 is 4.79 Å². The van der Waals surface area contributed by atoms with E-state index in [4.69, 9.17) is 0 Å². The standard InChI is InChI=1S/C9H8BrNO/c1-5-2-3-7-6(9(5)10)4-8(12)11-7/h2-3H,4H2,1H3,(H,11,12). The Hall–Kier alpha value is -0.830. The zero-order valence-corrected chi connectivity index (χ0v) is 8.23. The highest BCUT2D eigenvalue weighted by molar-refractivity contribution is 9.10. The first kappa shape index (κ1) is 7.80. The van der Waals surface area contributed by atoms with Gasteiger partial charge in [0.1, 0.15) is 0 Å². The van der Waals surface area contributed by atoms with Crippen LogP contribution in [0.4, 0.5) is 5.69 Å². The zero-order valence-electron chi connectivity index (χ0n) is 6.65. The molecule has 0 bridgehead atoms. The van der Waals surface area contributed by atoms with E-state index in [-0.39, 0.29) is 5.91 Å². The lowest BCUT2D eigenvalue weighted by atomic mass is 10.1. The number of rotatable bonds is 0. The van der Waals surface area contributed by atoms with Crippen molar-refractivity contribution >= 4 is 27.5 Å². The fourth-order valence-electron chi connectivity index (χ4n) is 1.38. The third-order valence-corrected chi connectivity index (χ3v) is 3.15. The number of fused-ring (bicyclic) bond motifs is 1. The van der Waals surface area contributed by atoms with Crippen molar-refractivity contribution in [3.05, 3.63) is 27.7 Å². The molecule has 0 fully saturated rings. The van der Waals surface area contributed by atoms with E-state index in [0.717, 1.165) is 15.7 Å². The van der Waals surface area contributed by atoms with Crippen LogP contribution in [0.2, 0.25) is 0 Å². The Morgan fingerprint density at radius 2 is 2.25 bits per heavy atom. The quantitative estimate of drug-likeness (QED) is 0.722. The molecular formula is C9H8BrNO. The van der Waals surface area contributed by atoms with Crippen molar-refractivity contribution in [3.63, 3.8) is 0 Å². The van der Waals surface area contributed by atoms with Crippen molar-refractivity contribution in [2.24, 2.45) is 0 Å². The van der Waals surface area contributed by atoms with Gasteiger partial charge in [0.15, 0.2) is 0 Å². The van der Waals surface area contributed by atoms with Gasteiger partial charge in [0.2, 0.25) is 5.91 Å². The van der Waals surface area contributed by atoms with Crippen LogP contribution in [0.1, 0.15) is 11.1 Å². The molecule has 3 heteroatoms. The van der Waals surface area contributed by atoms with Crippen LogP contribution in [0.25, 0.3) is 0 Å². The van der Waals surface area contributed by atoms with Gasteiger partial charge in [-0.25, -0.2) is 0 Å². The number of carbonyl (C=O) groups is 1. The average Bonchev–Trinajstić information content (AvgIpc) is 2.39. The third kappa shape index (κ3) is 1.05. The first-order valence-electron chi connectivity index (χ1n) is 3.76. The van der Waals surface area contributed by atoms with Gasteiger partial charge in [0.25, 0.3) is 0 Å². The number of aryl methyl sites for hydroxylation is 1. The van der Waals surface area contributed by atoms with Gasteiger partial charge in [-0.15, -0.1) is 0 Å². The first-order chi connectivity index (χ1) is 5.68. The second-order valence-corrected chi connectivity index (χ2v) is 3.74. The summed E-state index contributed by atoms with van der Waals surface area (Å²) in [4.78, 5) is 11.0. The molecule has 1 amide bonds. The number of carbonyl (C=O) groups excluding carboxylic acids is 1. The van der Waals surface area contributed by atoms with Gasteiger partial charge in [0, 0.05) is 10.2 Å². The van der Waals surface area contributed by atoms with Gasteiger partial charge >= 0.3 is 0 Å². The largest absolute Gasteiger partial charge is 0.325 e. The maximum absolute atomic E-state index is 11.0. The minimum Gasteiger partial charge on any atom is -0.325 e. The van der Waals surface area contributed by atoms with Gasteiger partial charge in [-0.05, 0) is 24.1 Å². The Balaban J connectivity index is 2.61. The van der Waals surface area contributed by atoms with E-state index in [9.17, 15) is 4.79 Å². The highest BCUT2D eigenvalue weighted by Gasteiger charge is 2.20. The van der Waals surface area contributed by atoms with Crippen molar-refractivity contribution in [1.82, 2.24) is 0 Å². The summed E-state index contributed by atoms with van der Waals surface area (Å²) < 4.78 is 1.05. The van der Waals surface area contributed by atoms with Crippen molar-refractivity contribution in [2.45, 2.75) is 13.3 Å². The molecule has 2 rings (SSSR count). The molecule has 12 heavy (non-hydrogen) atoms. The Labute approximate surface area is 79.1 Å². The highest BCUT2D eigenvalue weighted by Crippen LogP contribution is 2.32. The number of amides is 1. The van der Waals surface area contributed by atoms with Crippen molar-refractivity contribution in [2.75, 3.05) is 5.32 Å². The topological polar surface area (TPSA) is 29.1 Å². The van der Waals surface area contributed by atoms with E-state index in [0.29, 0.717) is 6.42 Å². The normalized spacial score (nSPS) is 14.3. The molecular weight excluding hydrogens is 218 g/mol. The number of anilines is 1. The third-order valence-electron chi connectivity index (χ3n) is 2.05. The molecule has 2 nitrogen and oxygen atoms in total. The Morgan fingerprint density at radius 1 is 1.50 bits per heavy atom. The van der Waals surface area contributed by atoms with Crippen LogP contribution >= 0.6 is 15.9 Å². The maximum atomic E-state index is 11.0. The number of halogens is 1. The number of benzene rings is 1. The molecule has 1 aromatic carbocycles. The van der Waals surface area contributed by atoms with Crippen LogP contribution in [0.3, 0.4) is 0 Å². The predicted molar refractivity (Wildman–Crippen MR) is 51.2 cm³/mol. The zero-order chi connectivity index (χ0) is 8.72. The monoisotopic (exact) mass is 225 g/mol. The molecule has 1 heterocycles. The summed E-state index contributed by atoms with van der Waals surface area (Å²) in [6.45, 7) is 2.02. The number of nitrogens with one attached hydrogen (secondary N) is 1. The molecule has 0 radical (unpaired) electrons. The fraction of sp³-hybridized carbons (Fsp3) is 0.222. The van der Waals surface area contributed by atoms with Gasteiger partial charge in [-0.3, -0.25) is 4.79 Å². The molecule has 1 aliphatic rings. The van der Waals surface area contributed by atoms with Crippen LogP contribution in [0.15, 0.2) is 16.6 Å². The van der Waals surface area contributed by atoms with Crippen molar-refractivity contribution in [3.8, 4) is 0 Å². The van der Waals surface area contributed by atoms with Crippen LogP contribution in [-0.4, -0.2) is 5.91 Å². The van der Waals surface area contributed by atoms with Gasteiger partial charge < -0.3 is 5.32 Å². The average molecular weight is 226 g/mol. The summed E-state index contributed by atoms with van der Waals surface area (Å²) in [7, 11) is 0. The molecule has 0 spiro atoms. The lowest BCUT2D eigenvalue weighted by molar-refractivity contribution is -0.115. The van der Waals surface area contributed by atoms with E-state index in [2.05, 4.69) is 21.2 Å². The highest BCUT2D eigenvalue weighted by atomic mass is 79.9. The van der Waals surface area contributed by atoms with Crippen LogP contribution in [0.5, 0.6) is 0 Å². The van der Waals surface area contributed by atoms with E-state index in [1.807, 2.05) is 19.1 Å². The number of hydrogen-bond acceptors (Lipinski definition) is 1. The summed E-state index contributed by atoms with van der Waals surface area (Å²) in [6.07, 6.45) is 0.498. The van der Waals surface area contributed by atoms with E-state index in [1.54, 1.807) is 0 Å². The summed E-state index contributed by atoms with van der Waals surface area (Å²) in [6, 6.07) is 3.94. The summed E-state index contributed by atoms with van der Waals surface area (Å²) in [5.41, 5.74) is 3.20. The molecule has 1 aromatic rings. The van der Waals surface area contributed by atoms with Crippen LogP contribution in [-0.2, 0) is 11.2 Å². The Bertz CT molecular complexity index is 360. The summed E-state index contributed by atoms with van der Waals surface area (Å²) >= 11 is 3.47. The summed E-state index contributed by atoms with van der Waals surface area (Å²) in [5.74, 6) is 0.0799. The predicted octanol–water partition coefficient (Wildman–Crippen LogP) is 2.25. The molecule has 62 valence electrons. The molecule has 0 unspecified atom stereocenters. The van der Waals surface area contributed by atoms with E-state index in [1.165, 1.54) is 5.56 Å². The molecule has 1 aliphatic heterocycles. The minimum atomic E-state index is 0.0799.